The van der Waals surface area contributed by atoms with Crippen molar-refractivity contribution in [2.75, 3.05) is 0 Å². The third kappa shape index (κ3) is 3.26. The lowest BCUT2D eigenvalue weighted by molar-refractivity contribution is 0.0721. The Labute approximate surface area is 162 Å². The highest BCUT2D eigenvalue weighted by Crippen LogP contribution is 2.29. The molecule has 5 rings (SSSR count). The number of hydrogen-bond acceptors (Lipinski definition) is 4. The summed E-state index contributed by atoms with van der Waals surface area (Å²) in [6.45, 7) is 1.10. The molecule has 1 aliphatic rings. The number of H-pyrrole nitrogens is 1. The Morgan fingerprint density at radius 1 is 1.14 bits per heavy atom. The van der Waals surface area contributed by atoms with Crippen LogP contribution in [0.15, 0.2) is 61.1 Å². The fraction of sp³-hybridized carbons (Fsp3) is 0.238. The number of imidazole rings is 1. The molecule has 1 fully saturated rings. The van der Waals surface area contributed by atoms with Crippen LogP contribution in [0.2, 0.25) is 0 Å². The van der Waals surface area contributed by atoms with Gasteiger partial charge in [-0.05, 0) is 43.2 Å². The molecule has 1 amide bonds. The van der Waals surface area contributed by atoms with E-state index in [4.69, 9.17) is 0 Å². The summed E-state index contributed by atoms with van der Waals surface area (Å²) in [4.78, 5) is 23.7. The fourth-order valence-electron chi connectivity index (χ4n) is 3.44. The van der Waals surface area contributed by atoms with Crippen molar-refractivity contribution in [2.45, 2.75) is 32.0 Å². The Morgan fingerprint density at radius 2 is 2.00 bits per heavy atom. The lowest BCUT2D eigenvalue weighted by Gasteiger charge is -2.20. The van der Waals surface area contributed by atoms with Crippen LogP contribution >= 0.6 is 0 Å². The molecule has 0 radical (unpaired) electrons. The average molecular weight is 372 g/mol. The maximum Gasteiger partial charge on any atom is 0.274 e. The van der Waals surface area contributed by atoms with Crippen molar-refractivity contribution in [2.24, 2.45) is 0 Å². The second-order valence-electron chi connectivity index (χ2n) is 7.12. The Hall–Kier alpha value is -3.48. The summed E-state index contributed by atoms with van der Waals surface area (Å²) < 4.78 is 2.05. The first-order chi connectivity index (χ1) is 13.8. The standard InChI is InChI=1S/C21H20N6O/c28-21(27(17-8-9-17)13-15-5-3-4-10-22-15)19-11-16(24-25-19)12-26-14-23-18-6-1-2-7-20(18)26/h1-7,10-11,14,17H,8-9,12-13H2,(H,24,25). The predicted molar refractivity (Wildman–Crippen MR) is 105 cm³/mol. The summed E-state index contributed by atoms with van der Waals surface area (Å²) >= 11 is 0. The number of nitrogens with zero attached hydrogens (tertiary/aromatic N) is 5. The molecule has 0 saturated heterocycles. The minimum Gasteiger partial charge on any atom is -0.328 e. The Kier molecular flexibility index (Phi) is 4.12. The number of para-hydroxylation sites is 2. The van der Waals surface area contributed by atoms with Gasteiger partial charge >= 0.3 is 0 Å². The van der Waals surface area contributed by atoms with Crippen LogP contribution in [0.1, 0.15) is 34.7 Å². The number of rotatable bonds is 6. The second-order valence-corrected chi connectivity index (χ2v) is 7.12. The summed E-state index contributed by atoms with van der Waals surface area (Å²) in [5.74, 6) is -0.0499. The zero-order valence-corrected chi connectivity index (χ0v) is 15.3. The number of aromatic nitrogens is 5. The number of carbonyl (C=O) groups excluding carboxylic acids is 1. The van der Waals surface area contributed by atoms with Gasteiger partial charge in [0.15, 0.2) is 5.69 Å². The van der Waals surface area contributed by atoms with E-state index in [-0.39, 0.29) is 11.9 Å². The number of hydrogen-bond donors (Lipinski definition) is 1. The topological polar surface area (TPSA) is 79.7 Å². The quantitative estimate of drug-likeness (QED) is 0.564. The van der Waals surface area contributed by atoms with Crippen molar-refractivity contribution < 1.29 is 4.79 Å². The van der Waals surface area contributed by atoms with Crippen LogP contribution in [0.5, 0.6) is 0 Å². The van der Waals surface area contributed by atoms with Crippen molar-refractivity contribution in [3.8, 4) is 0 Å². The van der Waals surface area contributed by atoms with Gasteiger partial charge in [-0.3, -0.25) is 14.9 Å². The smallest absolute Gasteiger partial charge is 0.274 e. The van der Waals surface area contributed by atoms with E-state index in [9.17, 15) is 4.79 Å². The van der Waals surface area contributed by atoms with Crippen LogP contribution in [0.25, 0.3) is 11.0 Å². The summed E-state index contributed by atoms with van der Waals surface area (Å²) in [5.41, 5.74) is 4.22. The number of benzene rings is 1. The normalized spacial score (nSPS) is 13.7. The molecule has 0 spiro atoms. The maximum absolute atomic E-state index is 13.1. The minimum atomic E-state index is -0.0499. The highest BCUT2D eigenvalue weighted by atomic mass is 16.2. The summed E-state index contributed by atoms with van der Waals surface area (Å²) in [5, 5.41) is 7.29. The SMILES string of the molecule is O=C(c1cc(Cn2cnc3ccccc32)[nH]n1)N(Cc1ccccn1)C1CC1. The van der Waals surface area contributed by atoms with Crippen molar-refractivity contribution in [3.05, 3.63) is 78.1 Å². The molecule has 1 aromatic carbocycles. The van der Waals surface area contributed by atoms with E-state index < -0.39 is 0 Å². The van der Waals surface area contributed by atoms with E-state index >= 15 is 0 Å². The van der Waals surface area contributed by atoms with Gasteiger partial charge in [0.2, 0.25) is 0 Å². The minimum absolute atomic E-state index is 0.0499. The third-order valence-electron chi connectivity index (χ3n) is 5.03. The molecule has 0 atom stereocenters. The first kappa shape index (κ1) is 16.7. The first-order valence-corrected chi connectivity index (χ1v) is 9.43. The van der Waals surface area contributed by atoms with E-state index in [2.05, 4.69) is 20.2 Å². The zero-order valence-electron chi connectivity index (χ0n) is 15.3. The van der Waals surface area contributed by atoms with Crippen molar-refractivity contribution in [1.29, 1.82) is 0 Å². The summed E-state index contributed by atoms with van der Waals surface area (Å²) in [6, 6.07) is 15.9. The Morgan fingerprint density at radius 3 is 2.82 bits per heavy atom. The monoisotopic (exact) mass is 372 g/mol. The Balaban J connectivity index is 1.35. The Bertz CT molecular complexity index is 1110. The van der Waals surface area contributed by atoms with Crippen LogP contribution in [-0.2, 0) is 13.1 Å². The van der Waals surface area contributed by atoms with E-state index in [1.165, 1.54) is 0 Å². The number of pyridine rings is 1. The van der Waals surface area contributed by atoms with E-state index in [1.54, 1.807) is 6.20 Å². The highest BCUT2D eigenvalue weighted by molar-refractivity contribution is 5.92. The van der Waals surface area contributed by atoms with Gasteiger partial charge in [0.25, 0.3) is 5.91 Å². The van der Waals surface area contributed by atoms with Gasteiger partial charge in [-0.2, -0.15) is 5.10 Å². The third-order valence-corrected chi connectivity index (χ3v) is 5.03. The molecule has 4 aromatic rings. The van der Waals surface area contributed by atoms with Crippen molar-refractivity contribution in [1.82, 2.24) is 29.6 Å². The zero-order chi connectivity index (χ0) is 18.9. The van der Waals surface area contributed by atoms with E-state index in [1.807, 2.05) is 64.3 Å². The van der Waals surface area contributed by atoms with Crippen LogP contribution in [0, 0.1) is 0 Å². The largest absolute Gasteiger partial charge is 0.328 e. The number of fused-ring (bicyclic) bond motifs is 1. The lowest BCUT2D eigenvalue weighted by atomic mass is 10.2. The molecule has 3 heterocycles. The van der Waals surface area contributed by atoms with Crippen LogP contribution in [0.3, 0.4) is 0 Å². The van der Waals surface area contributed by atoms with Gasteiger partial charge < -0.3 is 9.47 Å². The first-order valence-electron chi connectivity index (χ1n) is 9.43. The molecule has 1 saturated carbocycles. The fourth-order valence-corrected chi connectivity index (χ4v) is 3.44. The molecule has 7 heteroatoms. The van der Waals surface area contributed by atoms with Gasteiger partial charge in [0, 0.05) is 12.2 Å². The van der Waals surface area contributed by atoms with Gasteiger partial charge in [-0.1, -0.05) is 18.2 Å². The predicted octanol–water partition coefficient (Wildman–Crippen LogP) is 3.01. The van der Waals surface area contributed by atoms with E-state index in [0.29, 0.717) is 18.8 Å². The summed E-state index contributed by atoms with van der Waals surface area (Å²) in [6.07, 6.45) is 5.64. The van der Waals surface area contributed by atoms with Crippen LogP contribution in [0.4, 0.5) is 0 Å². The lowest BCUT2D eigenvalue weighted by Crippen LogP contribution is -2.33. The number of carbonyl (C=O) groups is 1. The molecule has 140 valence electrons. The molecule has 0 aliphatic heterocycles. The second kappa shape index (κ2) is 6.92. The molecule has 1 aliphatic carbocycles. The molecular formula is C21H20N6O. The number of nitrogens with one attached hydrogen (secondary N) is 1. The van der Waals surface area contributed by atoms with Gasteiger partial charge in [-0.25, -0.2) is 4.98 Å². The average Bonchev–Trinajstić information content (AvgIpc) is 3.34. The van der Waals surface area contributed by atoms with Gasteiger partial charge in [0.1, 0.15) is 0 Å². The van der Waals surface area contributed by atoms with Crippen molar-refractivity contribution >= 4 is 16.9 Å². The van der Waals surface area contributed by atoms with Crippen LogP contribution < -0.4 is 0 Å². The molecule has 0 bridgehead atoms. The molecule has 0 unspecified atom stereocenters. The van der Waals surface area contributed by atoms with Gasteiger partial charge in [0.05, 0.1) is 41.8 Å². The van der Waals surface area contributed by atoms with Gasteiger partial charge in [-0.15, -0.1) is 0 Å². The molecular weight excluding hydrogens is 352 g/mol. The van der Waals surface area contributed by atoms with Crippen molar-refractivity contribution in [3.63, 3.8) is 0 Å². The number of aromatic amines is 1. The summed E-state index contributed by atoms with van der Waals surface area (Å²) in [7, 11) is 0. The van der Waals surface area contributed by atoms with Crippen LogP contribution in [-0.4, -0.2) is 41.6 Å². The molecule has 28 heavy (non-hydrogen) atoms. The maximum atomic E-state index is 13.1. The highest BCUT2D eigenvalue weighted by Gasteiger charge is 2.34. The molecule has 1 N–H and O–H groups in total. The molecule has 7 nitrogen and oxygen atoms in total. The number of amides is 1. The molecule has 3 aromatic heterocycles. The van der Waals surface area contributed by atoms with E-state index in [0.717, 1.165) is 35.3 Å².